The highest BCUT2D eigenvalue weighted by Crippen LogP contribution is 2.42. The van der Waals surface area contributed by atoms with Crippen LogP contribution in [0.15, 0.2) is 24.3 Å². The number of carbonyl (C=O) groups is 1. The zero-order chi connectivity index (χ0) is 13.4. The molecule has 0 spiro atoms. The summed E-state index contributed by atoms with van der Waals surface area (Å²) in [4.78, 5) is 13.5. The molecule has 2 unspecified atom stereocenters. The van der Waals surface area contributed by atoms with E-state index in [2.05, 4.69) is 29.2 Å². The minimum Gasteiger partial charge on any atom is -0.481 e. The number of anilines is 1. The summed E-state index contributed by atoms with van der Waals surface area (Å²) >= 11 is 0. The minimum absolute atomic E-state index is 0.265. The fourth-order valence-corrected chi connectivity index (χ4v) is 3.10. The maximum Gasteiger partial charge on any atom is 0.306 e. The van der Waals surface area contributed by atoms with Gasteiger partial charge in [-0.15, -0.1) is 0 Å². The van der Waals surface area contributed by atoms with E-state index < -0.39 is 5.97 Å². The van der Waals surface area contributed by atoms with Crippen molar-refractivity contribution in [2.75, 3.05) is 18.0 Å². The SMILES string of the molecule is CC(CC1CN(CC2CC2)c2ccccc21)C(=O)O. The first-order valence-electron chi connectivity index (χ1n) is 7.22. The highest BCUT2D eigenvalue weighted by Gasteiger charge is 2.33. The average Bonchev–Trinajstić information content (AvgIpc) is 3.14. The van der Waals surface area contributed by atoms with Crippen molar-refractivity contribution in [3.8, 4) is 0 Å². The van der Waals surface area contributed by atoms with Gasteiger partial charge in [0.25, 0.3) is 0 Å². The quantitative estimate of drug-likeness (QED) is 0.883. The van der Waals surface area contributed by atoms with Crippen LogP contribution in [0.25, 0.3) is 0 Å². The molecule has 1 N–H and O–H groups in total. The second-order valence-electron chi connectivity index (χ2n) is 6.08. The van der Waals surface area contributed by atoms with Gasteiger partial charge in [-0.2, -0.15) is 0 Å². The largest absolute Gasteiger partial charge is 0.481 e. The predicted octanol–water partition coefficient (Wildman–Crippen LogP) is 3.11. The van der Waals surface area contributed by atoms with Crippen molar-refractivity contribution < 1.29 is 9.90 Å². The summed E-state index contributed by atoms with van der Waals surface area (Å²) in [5, 5.41) is 9.10. The minimum atomic E-state index is -0.682. The summed E-state index contributed by atoms with van der Waals surface area (Å²) < 4.78 is 0. The van der Waals surface area contributed by atoms with Gasteiger partial charge in [-0.05, 0) is 36.8 Å². The van der Waals surface area contributed by atoms with Crippen molar-refractivity contribution in [1.82, 2.24) is 0 Å². The molecule has 102 valence electrons. The standard InChI is InChI=1S/C16H21NO2/c1-11(16(18)19)8-13-10-17(9-12-6-7-12)15-5-3-2-4-14(13)15/h2-5,11-13H,6-10H2,1H3,(H,18,19). The van der Waals surface area contributed by atoms with Gasteiger partial charge in [0.1, 0.15) is 0 Å². The molecule has 2 atom stereocenters. The molecule has 0 amide bonds. The Bertz CT molecular complexity index is 481. The van der Waals surface area contributed by atoms with E-state index in [4.69, 9.17) is 5.11 Å². The molecule has 1 aromatic rings. The molecule has 19 heavy (non-hydrogen) atoms. The lowest BCUT2D eigenvalue weighted by Gasteiger charge is -2.20. The Kier molecular flexibility index (Phi) is 3.21. The Morgan fingerprint density at radius 3 is 2.84 bits per heavy atom. The van der Waals surface area contributed by atoms with Crippen LogP contribution in [-0.2, 0) is 4.79 Å². The average molecular weight is 259 g/mol. The Morgan fingerprint density at radius 1 is 1.42 bits per heavy atom. The van der Waals surface area contributed by atoms with Gasteiger partial charge in [0.2, 0.25) is 0 Å². The fraction of sp³-hybridized carbons (Fsp3) is 0.562. The van der Waals surface area contributed by atoms with Gasteiger partial charge in [0.15, 0.2) is 0 Å². The van der Waals surface area contributed by atoms with Crippen LogP contribution >= 0.6 is 0 Å². The monoisotopic (exact) mass is 259 g/mol. The maximum absolute atomic E-state index is 11.1. The second kappa shape index (κ2) is 4.87. The Balaban J connectivity index is 1.77. The van der Waals surface area contributed by atoms with E-state index in [0.29, 0.717) is 5.92 Å². The van der Waals surface area contributed by atoms with Gasteiger partial charge in [-0.1, -0.05) is 25.1 Å². The summed E-state index contributed by atoms with van der Waals surface area (Å²) in [6, 6.07) is 8.50. The number of fused-ring (bicyclic) bond motifs is 1. The number of carboxylic acids is 1. The van der Waals surface area contributed by atoms with E-state index >= 15 is 0 Å². The molecule has 1 saturated carbocycles. The molecule has 1 heterocycles. The Labute approximate surface area is 114 Å². The van der Waals surface area contributed by atoms with Gasteiger partial charge >= 0.3 is 5.97 Å². The highest BCUT2D eigenvalue weighted by molar-refractivity contribution is 5.70. The van der Waals surface area contributed by atoms with Crippen molar-refractivity contribution in [1.29, 1.82) is 0 Å². The second-order valence-corrected chi connectivity index (χ2v) is 6.08. The van der Waals surface area contributed by atoms with E-state index in [0.717, 1.165) is 25.4 Å². The molecular weight excluding hydrogens is 238 g/mol. The van der Waals surface area contributed by atoms with Crippen LogP contribution in [0.5, 0.6) is 0 Å². The summed E-state index contributed by atoms with van der Waals surface area (Å²) in [6.07, 6.45) is 3.46. The van der Waals surface area contributed by atoms with Gasteiger partial charge in [0, 0.05) is 24.7 Å². The van der Waals surface area contributed by atoms with E-state index in [9.17, 15) is 4.79 Å². The smallest absolute Gasteiger partial charge is 0.306 e. The molecule has 2 aliphatic rings. The number of hydrogen-bond acceptors (Lipinski definition) is 2. The van der Waals surface area contributed by atoms with Gasteiger partial charge in [-0.3, -0.25) is 4.79 Å². The molecule has 0 radical (unpaired) electrons. The lowest BCUT2D eigenvalue weighted by Crippen LogP contribution is -2.25. The summed E-state index contributed by atoms with van der Waals surface area (Å²) in [7, 11) is 0. The molecule has 3 heteroatoms. The fourth-order valence-electron chi connectivity index (χ4n) is 3.10. The van der Waals surface area contributed by atoms with Gasteiger partial charge < -0.3 is 10.0 Å². The number of benzene rings is 1. The van der Waals surface area contributed by atoms with Gasteiger partial charge in [0.05, 0.1) is 5.92 Å². The zero-order valence-corrected chi connectivity index (χ0v) is 11.4. The van der Waals surface area contributed by atoms with E-state index in [-0.39, 0.29) is 5.92 Å². The normalized spacial score (nSPS) is 23.2. The molecule has 1 aliphatic heterocycles. The number of carboxylic acid groups (broad SMARTS) is 1. The predicted molar refractivity (Wildman–Crippen MR) is 75.5 cm³/mol. The van der Waals surface area contributed by atoms with Crippen LogP contribution in [0.2, 0.25) is 0 Å². The van der Waals surface area contributed by atoms with Crippen LogP contribution in [0.1, 0.15) is 37.7 Å². The third-order valence-corrected chi connectivity index (χ3v) is 4.39. The molecule has 1 aromatic carbocycles. The molecule has 1 fully saturated rings. The van der Waals surface area contributed by atoms with Crippen LogP contribution in [0.3, 0.4) is 0 Å². The third-order valence-electron chi connectivity index (χ3n) is 4.39. The molecular formula is C16H21NO2. The van der Waals surface area contributed by atoms with Crippen LogP contribution in [0.4, 0.5) is 5.69 Å². The molecule has 1 aliphatic carbocycles. The topological polar surface area (TPSA) is 40.5 Å². The van der Waals surface area contributed by atoms with Crippen LogP contribution < -0.4 is 4.90 Å². The summed E-state index contributed by atoms with van der Waals surface area (Å²) in [6.45, 7) is 3.96. The number of nitrogens with zero attached hydrogens (tertiary/aromatic N) is 1. The van der Waals surface area contributed by atoms with E-state index in [1.54, 1.807) is 0 Å². The lowest BCUT2D eigenvalue weighted by molar-refractivity contribution is -0.141. The molecule has 3 nitrogen and oxygen atoms in total. The van der Waals surface area contributed by atoms with Crippen LogP contribution in [0, 0.1) is 11.8 Å². The summed E-state index contributed by atoms with van der Waals surface area (Å²) in [5.74, 6) is 0.293. The Morgan fingerprint density at radius 2 is 2.16 bits per heavy atom. The third kappa shape index (κ3) is 2.60. The number of aliphatic carboxylic acids is 1. The van der Waals surface area contributed by atoms with E-state index in [1.165, 1.54) is 24.1 Å². The van der Waals surface area contributed by atoms with Crippen molar-refractivity contribution in [2.24, 2.45) is 11.8 Å². The number of hydrogen-bond donors (Lipinski definition) is 1. The summed E-state index contributed by atoms with van der Waals surface area (Å²) in [5.41, 5.74) is 2.67. The molecule has 3 rings (SSSR count). The first kappa shape index (κ1) is 12.5. The van der Waals surface area contributed by atoms with Crippen molar-refractivity contribution in [3.63, 3.8) is 0 Å². The first-order valence-corrected chi connectivity index (χ1v) is 7.22. The number of para-hydroxylation sites is 1. The van der Waals surface area contributed by atoms with Gasteiger partial charge in [-0.25, -0.2) is 0 Å². The zero-order valence-electron chi connectivity index (χ0n) is 11.4. The maximum atomic E-state index is 11.1. The van der Waals surface area contributed by atoms with Crippen molar-refractivity contribution >= 4 is 11.7 Å². The lowest BCUT2D eigenvalue weighted by atomic mass is 9.91. The van der Waals surface area contributed by atoms with Crippen molar-refractivity contribution in [2.45, 2.75) is 32.1 Å². The van der Waals surface area contributed by atoms with Crippen molar-refractivity contribution in [3.05, 3.63) is 29.8 Å². The Hall–Kier alpha value is -1.51. The molecule has 0 saturated heterocycles. The van der Waals surface area contributed by atoms with Crippen LogP contribution in [-0.4, -0.2) is 24.2 Å². The number of rotatable bonds is 5. The highest BCUT2D eigenvalue weighted by atomic mass is 16.4. The van der Waals surface area contributed by atoms with E-state index in [1.807, 2.05) is 6.92 Å². The molecule has 0 bridgehead atoms. The first-order chi connectivity index (χ1) is 9.15. The molecule has 0 aromatic heterocycles.